The molecule has 0 aromatic heterocycles. The summed E-state index contributed by atoms with van der Waals surface area (Å²) in [5.74, 6) is 9.55. The molecule has 6 aliphatic rings. The molecule has 13 atom stereocenters. The third kappa shape index (κ3) is 3.25. The van der Waals surface area contributed by atoms with Crippen molar-refractivity contribution in [2.45, 2.75) is 116 Å². The van der Waals surface area contributed by atoms with Crippen LogP contribution < -0.4 is 0 Å². The van der Waals surface area contributed by atoms with Gasteiger partial charge in [-0.1, -0.05) is 13.3 Å². The van der Waals surface area contributed by atoms with Crippen molar-refractivity contribution in [3.05, 3.63) is 0 Å². The van der Waals surface area contributed by atoms with Gasteiger partial charge in [-0.15, -0.1) is 0 Å². The highest BCUT2D eigenvalue weighted by Gasteiger charge is 2.58. The Kier molecular flexibility index (Phi) is 5.30. The molecule has 0 N–H and O–H groups in total. The molecule has 0 aromatic rings. The molecule has 0 radical (unpaired) electrons. The molecule has 6 rings (SSSR count). The maximum absolute atomic E-state index is 6.84. The van der Waals surface area contributed by atoms with Gasteiger partial charge in [0.25, 0.3) is 0 Å². The smallest absolute Gasteiger partial charge is 0.0612 e. The normalized spacial score (nSPS) is 52.9. The largest absolute Gasteiger partial charge is 0.375 e. The van der Waals surface area contributed by atoms with Crippen molar-refractivity contribution in [1.82, 2.24) is 0 Å². The van der Waals surface area contributed by atoms with Gasteiger partial charge in [-0.3, -0.25) is 0 Å². The zero-order valence-electron chi connectivity index (χ0n) is 20.0. The topological polar surface area (TPSA) is 18.5 Å². The van der Waals surface area contributed by atoms with Crippen LogP contribution in [0.3, 0.4) is 0 Å². The predicted molar refractivity (Wildman–Crippen MR) is 121 cm³/mol. The van der Waals surface area contributed by atoms with Gasteiger partial charge in [0, 0.05) is 0 Å². The van der Waals surface area contributed by atoms with Crippen molar-refractivity contribution in [2.75, 3.05) is 0 Å². The van der Waals surface area contributed by atoms with E-state index < -0.39 is 0 Å². The number of rotatable bonds is 7. The molecular weight excluding hydrogens is 368 g/mol. The summed E-state index contributed by atoms with van der Waals surface area (Å²) in [4.78, 5) is 0. The summed E-state index contributed by atoms with van der Waals surface area (Å²) < 4.78 is 13.2. The Labute approximate surface area is 185 Å². The fraction of sp³-hybridized carbons (Fsp3) is 1.00. The molecule has 30 heavy (non-hydrogen) atoms. The Hall–Kier alpha value is -0.0800. The fourth-order valence-corrected chi connectivity index (χ4v) is 10.2. The first kappa shape index (κ1) is 20.5. The molecule has 6 saturated carbocycles. The standard InChI is InChI=1S/C28H46O2/c1-15(2)29-26-14-20-12-25(26)23-9-8-18(28(20)23)10-16(3)17(4)30-27-13-19-11-24(27)22-7-5-6-21(19)22/h15-28H,5-14H2,1-4H3. The van der Waals surface area contributed by atoms with E-state index in [0.717, 1.165) is 53.3 Å². The minimum atomic E-state index is 0.397. The molecule has 2 nitrogen and oxygen atoms in total. The number of fused-ring (bicyclic) bond motifs is 10. The second kappa shape index (κ2) is 7.75. The fourth-order valence-electron chi connectivity index (χ4n) is 10.2. The lowest BCUT2D eigenvalue weighted by Gasteiger charge is -2.37. The molecule has 13 unspecified atom stereocenters. The predicted octanol–water partition coefficient (Wildman–Crippen LogP) is 6.72. The highest BCUT2D eigenvalue weighted by Crippen LogP contribution is 2.63. The molecule has 6 fully saturated rings. The summed E-state index contributed by atoms with van der Waals surface area (Å²) >= 11 is 0. The lowest BCUT2D eigenvalue weighted by molar-refractivity contribution is -0.0754. The van der Waals surface area contributed by atoms with Gasteiger partial charge in [-0.2, -0.15) is 0 Å². The second-order valence-corrected chi connectivity index (χ2v) is 12.9. The minimum absolute atomic E-state index is 0.397. The van der Waals surface area contributed by atoms with Crippen molar-refractivity contribution in [3.63, 3.8) is 0 Å². The van der Waals surface area contributed by atoms with E-state index in [2.05, 4.69) is 27.7 Å². The molecule has 0 aromatic carbocycles. The van der Waals surface area contributed by atoms with Gasteiger partial charge >= 0.3 is 0 Å². The average Bonchev–Trinajstić information content (AvgIpc) is 3.49. The Morgan fingerprint density at radius 1 is 0.667 bits per heavy atom. The summed E-state index contributed by atoms with van der Waals surface area (Å²) in [7, 11) is 0. The molecule has 0 heterocycles. The summed E-state index contributed by atoms with van der Waals surface area (Å²) in [6, 6.07) is 0. The first-order valence-electron chi connectivity index (χ1n) is 13.8. The highest BCUT2D eigenvalue weighted by atomic mass is 16.5. The van der Waals surface area contributed by atoms with Crippen LogP contribution >= 0.6 is 0 Å². The first-order valence-corrected chi connectivity index (χ1v) is 13.8. The number of hydrogen-bond acceptors (Lipinski definition) is 2. The van der Waals surface area contributed by atoms with Gasteiger partial charge in [0.2, 0.25) is 0 Å². The van der Waals surface area contributed by atoms with Crippen LogP contribution in [0.1, 0.15) is 91.9 Å². The van der Waals surface area contributed by atoms with Crippen LogP contribution in [0.25, 0.3) is 0 Å². The van der Waals surface area contributed by atoms with Gasteiger partial charge < -0.3 is 9.47 Å². The van der Waals surface area contributed by atoms with Crippen molar-refractivity contribution in [2.24, 2.45) is 59.2 Å². The number of hydrogen-bond donors (Lipinski definition) is 0. The van der Waals surface area contributed by atoms with Crippen LogP contribution in [0.15, 0.2) is 0 Å². The summed E-state index contributed by atoms with van der Waals surface area (Å²) in [6.45, 7) is 9.34. The third-order valence-corrected chi connectivity index (χ3v) is 11.3. The van der Waals surface area contributed by atoms with Crippen LogP contribution in [0.5, 0.6) is 0 Å². The zero-order chi connectivity index (χ0) is 20.6. The van der Waals surface area contributed by atoms with E-state index in [1.165, 1.54) is 64.2 Å². The monoisotopic (exact) mass is 414 g/mol. The number of ether oxygens (including phenoxy) is 2. The quantitative estimate of drug-likeness (QED) is 0.460. The lowest BCUT2D eigenvalue weighted by atomic mass is 9.74. The van der Waals surface area contributed by atoms with E-state index in [4.69, 9.17) is 9.47 Å². The molecule has 0 amide bonds. The van der Waals surface area contributed by atoms with Crippen LogP contribution in [-0.4, -0.2) is 24.4 Å². The first-order chi connectivity index (χ1) is 14.5. The Morgan fingerprint density at radius 3 is 2.20 bits per heavy atom. The highest BCUT2D eigenvalue weighted by molar-refractivity contribution is 5.07. The lowest BCUT2D eigenvalue weighted by Crippen LogP contribution is -2.36. The van der Waals surface area contributed by atoms with Crippen LogP contribution in [0.2, 0.25) is 0 Å². The average molecular weight is 415 g/mol. The molecule has 4 bridgehead atoms. The third-order valence-electron chi connectivity index (χ3n) is 11.3. The van der Waals surface area contributed by atoms with Gasteiger partial charge in [-0.05, 0) is 138 Å². The molecule has 6 aliphatic carbocycles. The molecule has 0 spiro atoms. The van der Waals surface area contributed by atoms with E-state index >= 15 is 0 Å². The Balaban J connectivity index is 1.03. The van der Waals surface area contributed by atoms with Crippen molar-refractivity contribution >= 4 is 0 Å². The molecule has 0 saturated heterocycles. The van der Waals surface area contributed by atoms with E-state index in [0.29, 0.717) is 30.3 Å². The van der Waals surface area contributed by atoms with Gasteiger partial charge in [0.1, 0.15) is 0 Å². The molecule has 2 heteroatoms. The van der Waals surface area contributed by atoms with Crippen LogP contribution in [0.4, 0.5) is 0 Å². The zero-order valence-corrected chi connectivity index (χ0v) is 20.0. The van der Waals surface area contributed by atoms with E-state index in [-0.39, 0.29) is 0 Å². The Bertz CT molecular complexity index is 630. The van der Waals surface area contributed by atoms with Crippen molar-refractivity contribution in [3.8, 4) is 0 Å². The Morgan fingerprint density at radius 2 is 1.37 bits per heavy atom. The second-order valence-electron chi connectivity index (χ2n) is 12.9. The van der Waals surface area contributed by atoms with Crippen molar-refractivity contribution < 1.29 is 9.47 Å². The van der Waals surface area contributed by atoms with E-state index in [9.17, 15) is 0 Å². The minimum Gasteiger partial charge on any atom is -0.375 e. The van der Waals surface area contributed by atoms with Crippen LogP contribution in [0, 0.1) is 59.2 Å². The van der Waals surface area contributed by atoms with E-state index in [1.54, 1.807) is 0 Å². The van der Waals surface area contributed by atoms with Crippen molar-refractivity contribution in [1.29, 1.82) is 0 Å². The summed E-state index contributed by atoms with van der Waals surface area (Å²) in [6.07, 6.45) is 16.6. The molecule has 0 aliphatic heterocycles. The van der Waals surface area contributed by atoms with Gasteiger partial charge in [0.05, 0.1) is 24.4 Å². The molecular formula is C28H46O2. The summed E-state index contributed by atoms with van der Waals surface area (Å²) in [5, 5.41) is 0. The van der Waals surface area contributed by atoms with Gasteiger partial charge in [0.15, 0.2) is 0 Å². The van der Waals surface area contributed by atoms with E-state index in [1.807, 2.05) is 0 Å². The van der Waals surface area contributed by atoms with Gasteiger partial charge in [-0.25, -0.2) is 0 Å². The molecule has 170 valence electrons. The maximum atomic E-state index is 6.84. The summed E-state index contributed by atoms with van der Waals surface area (Å²) in [5.41, 5.74) is 0. The maximum Gasteiger partial charge on any atom is 0.0612 e. The van der Waals surface area contributed by atoms with Crippen LogP contribution in [-0.2, 0) is 9.47 Å². The SMILES string of the molecule is CC(C)OC1CC2CC1C1CCC(CC(C)C(C)OC3CC4CC3C3CCCC43)C21.